The van der Waals surface area contributed by atoms with E-state index in [9.17, 15) is 4.79 Å². The van der Waals surface area contributed by atoms with Crippen molar-refractivity contribution in [3.63, 3.8) is 0 Å². The minimum absolute atomic E-state index is 0.165. The number of halogens is 1. The van der Waals surface area contributed by atoms with Crippen molar-refractivity contribution >= 4 is 29.0 Å². The second-order valence-corrected chi connectivity index (χ2v) is 6.80. The van der Waals surface area contributed by atoms with Crippen molar-refractivity contribution in [3.8, 4) is 0 Å². The molecule has 2 heterocycles. The summed E-state index contributed by atoms with van der Waals surface area (Å²) >= 11 is 6.04. The highest BCUT2D eigenvalue weighted by atomic mass is 35.5. The minimum atomic E-state index is -0.165. The van der Waals surface area contributed by atoms with Crippen molar-refractivity contribution in [2.45, 2.75) is 20.3 Å². The van der Waals surface area contributed by atoms with E-state index in [4.69, 9.17) is 11.6 Å². The number of carbonyl (C=O) groups is 1. The molecule has 0 fully saturated rings. The fraction of sp³-hybridized carbons (Fsp3) is 0.200. The first kappa shape index (κ1) is 15.9. The van der Waals surface area contributed by atoms with Crippen LogP contribution in [0.5, 0.6) is 0 Å². The van der Waals surface area contributed by atoms with Gasteiger partial charge in [0.05, 0.1) is 6.20 Å². The van der Waals surface area contributed by atoms with Gasteiger partial charge in [-0.25, -0.2) is 0 Å². The van der Waals surface area contributed by atoms with Crippen LogP contribution in [0.3, 0.4) is 0 Å². The number of fused-ring (bicyclic) bond motifs is 1. The molecular weight excluding hydrogens is 334 g/mol. The molecule has 4 rings (SSSR count). The first-order chi connectivity index (χ1) is 12.1. The molecule has 0 amide bonds. The summed E-state index contributed by atoms with van der Waals surface area (Å²) in [6.45, 7) is 5.04. The highest BCUT2D eigenvalue weighted by molar-refractivity contribution is 6.31. The van der Waals surface area contributed by atoms with Crippen LogP contribution in [0, 0.1) is 13.8 Å². The third kappa shape index (κ3) is 2.63. The Morgan fingerprint density at radius 3 is 2.56 bits per heavy atom. The first-order valence-electron chi connectivity index (χ1n) is 8.27. The van der Waals surface area contributed by atoms with Crippen molar-refractivity contribution in [2.75, 3.05) is 11.4 Å². The van der Waals surface area contributed by atoms with E-state index in [2.05, 4.69) is 42.0 Å². The van der Waals surface area contributed by atoms with Crippen LogP contribution in [-0.2, 0) is 6.42 Å². The minimum Gasteiger partial charge on any atom is -0.325 e. The molecule has 1 aromatic heterocycles. The summed E-state index contributed by atoms with van der Waals surface area (Å²) in [5, 5.41) is 4.90. The molecule has 0 unspecified atom stereocenters. The number of hydrogen-bond donors (Lipinski definition) is 0. The van der Waals surface area contributed by atoms with Crippen molar-refractivity contribution < 1.29 is 4.79 Å². The van der Waals surface area contributed by atoms with Crippen LogP contribution >= 0.6 is 11.6 Å². The van der Waals surface area contributed by atoms with Gasteiger partial charge < -0.3 is 4.90 Å². The fourth-order valence-electron chi connectivity index (χ4n) is 3.52. The molecular formula is C20H18ClN3O. The van der Waals surface area contributed by atoms with Gasteiger partial charge in [-0.15, -0.1) is 0 Å². The number of anilines is 2. The topological polar surface area (TPSA) is 38.1 Å². The van der Waals surface area contributed by atoms with Crippen LogP contribution in [0.15, 0.2) is 48.7 Å². The molecule has 0 atom stereocenters. The van der Waals surface area contributed by atoms with E-state index in [0.29, 0.717) is 10.6 Å². The number of aryl methyl sites for hydroxylation is 2. The number of nitrogens with zero attached hydrogens (tertiary/aromatic N) is 3. The Hall–Kier alpha value is -2.59. The van der Waals surface area contributed by atoms with Crippen LogP contribution in [0.1, 0.15) is 27.0 Å². The lowest BCUT2D eigenvalue weighted by molar-refractivity contribution is 0.0947. The molecule has 3 aromatic rings. The number of aromatic nitrogens is 2. The summed E-state index contributed by atoms with van der Waals surface area (Å²) < 4.78 is 1.50. The van der Waals surface area contributed by atoms with Crippen LogP contribution < -0.4 is 4.90 Å². The summed E-state index contributed by atoms with van der Waals surface area (Å²) in [4.78, 5) is 15.2. The van der Waals surface area contributed by atoms with Crippen molar-refractivity contribution in [3.05, 3.63) is 75.9 Å². The van der Waals surface area contributed by atoms with Crippen LogP contribution in [0.2, 0.25) is 5.02 Å². The van der Waals surface area contributed by atoms with Crippen molar-refractivity contribution in [1.29, 1.82) is 0 Å². The molecule has 25 heavy (non-hydrogen) atoms. The van der Waals surface area contributed by atoms with Crippen LogP contribution in [-0.4, -0.2) is 22.2 Å². The Balaban J connectivity index is 1.81. The molecule has 0 saturated heterocycles. The average Bonchev–Trinajstić information content (AvgIpc) is 3.17. The Morgan fingerprint density at radius 1 is 1.12 bits per heavy atom. The monoisotopic (exact) mass is 351 g/mol. The molecule has 0 bridgehead atoms. The van der Waals surface area contributed by atoms with E-state index in [0.717, 1.165) is 30.0 Å². The Kier molecular flexibility index (Phi) is 3.85. The van der Waals surface area contributed by atoms with Gasteiger partial charge in [-0.3, -0.25) is 4.79 Å². The smallest absolute Gasteiger partial charge is 0.280 e. The Labute approximate surface area is 151 Å². The van der Waals surface area contributed by atoms with Gasteiger partial charge in [0, 0.05) is 28.4 Å². The van der Waals surface area contributed by atoms with Gasteiger partial charge in [-0.2, -0.15) is 9.78 Å². The van der Waals surface area contributed by atoms with E-state index < -0.39 is 0 Å². The number of rotatable bonds is 2. The average molecular weight is 352 g/mol. The number of benzene rings is 2. The lowest BCUT2D eigenvalue weighted by atomic mass is 10.1. The molecule has 0 aliphatic carbocycles. The molecule has 126 valence electrons. The van der Waals surface area contributed by atoms with E-state index in [-0.39, 0.29) is 5.91 Å². The summed E-state index contributed by atoms with van der Waals surface area (Å²) in [6, 6.07) is 13.2. The summed E-state index contributed by atoms with van der Waals surface area (Å²) in [6.07, 6.45) is 2.68. The molecule has 2 aromatic carbocycles. The van der Waals surface area contributed by atoms with E-state index in [1.54, 1.807) is 30.5 Å². The van der Waals surface area contributed by atoms with Gasteiger partial charge >= 0.3 is 0 Å². The van der Waals surface area contributed by atoms with E-state index in [1.807, 2.05) is 0 Å². The highest BCUT2D eigenvalue weighted by Gasteiger charge is 2.30. The first-order valence-corrected chi connectivity index (χ1v) is 8.65. The molecule has 5 heteroatoms. The van der Waals surface area contributed by atoms with Crippen LogP contribution in [0.4, 0.5) is 11.5 Å². The van der Waals surface area contributed by atoms with Gasteiger partial charge in [-0.1, -0.05) is 35.9 Å². The maximum absolute atomic E-state index is 13.0. The van der Waals surface area contributed by atoms with Gasteiger partial charge in [0.1, 0.15) is 5.82 Å². The zero-order chi connectivity index (χ0) is 17.6. The zero-order valence-corrected chi connectivity index (χ0v) is 14.9. The summed E-state index contributed by atoms with van der Waals surface area (Å²) in [5.74, 6) is 0.698. The predicted octanol–water partition coefficient (Wildman–Crippen LogP) is 4.54. The summed E-state index contributed by atoms with van der Waals surface area (Å²) in [7, 11) is 0. The molecule has 0 saturated carbocycles. The lowest BCUT2D eigenvalue weighted by Crippen LogP contribution is -2.23. The fourth-order valence-corrected chi connectivity index (χ4v) is 3.71. The van der Waals surface area contributed by atoms with Gasteiger partial charge in [-0.05, 0) is 49.6 Å². The predicted molar refractivity (Wildman–Crippen MR) is 100 cm³/mol. The highest BCUT2D eigenvalue weighted by Crippen LogP contribution is 2.38. The molecule has 0 radical (unpaired) electrons. The second-order valence-electron chi connectivity index (χ2n) is 6.36. The van der Waals surface area contributed by atoms with Gasteiger partial charge in [0.15, 0.2) is 0 Å². The van der Waals surface area contributed by atoms with Crippen molar-refractivity contribution in [2.24, 2.45) is 0 Å². The maximum Gasteiger partial charge on any atom is 0.280 e. The Bertz CT molecular complexity index is 957. The number of carbonyl (C=O) groups excluding carboxylic acids is 1. The van der Waals surface area contributed by atoms with E-state index >= 15 is 0 Å². The molecule has 1 aliphatic rings. The van der Waals surface area contributed by atoms with Gasteiger partial charge in [0.2, 0.25) is 0 Å². The summed E-state index contributed by atoms with van der Waals surface area (Å²) in [5.41, 5.74) is 5.17. The largest absolute Gasteiger partial charge is 0.325 e. The van der Waals surface area contributed by atoms with Crippen LogP contribution in [0.25, 0.3) is 0 Å². The Morgan fingerprint density at radius 2 is 1.84 bits per heavy atom. The third-order valence-corrected chi connectivity index (χ3v) is 4.89. The molecule has 1 aliphatic heterocycles. The number of para-hydroxylation sites is 1. The molecule has 0 N–H and O–H groups in total. The SMILES string of the molecule is Cc1cccc(C)c1N1CCc2cnn(C(=O)c3cccc(Cl)c3)c21. The van der Waals surface area contributed by atoms with Crippen molar-refractivity contribution in [1.82, 2.24) is 9.78 Å². The van der Waals surface area contributed by atoms with Gasteiger partial charge in [0.25, 0.3) is 5.91 Å². The molecule has 0 spiro atoms. The quantitative estimate of drug-likeness (QED) is 0.680. The zero-order valence-electron chi connectivity index (χ0n) is 14.2. The lowest BCUT2D eigenvalue weighted by Gasteiger charge is -2.24. The normalized spacial score (nSPS) is 13.2. The molecule has 4 nitrogen and oxygen atoms in total. The number of hydrogen-bond acceptors (Lipinski definition) is 3. The third-order valence-electron chi connectivity index (χ3n) is 4.65. The maximum atomic E-state index is 13.0. The standard InChI is InChI=1S/C20H18ClN3O/c1-13-5-3-6-14(2)18(13)23-10-9-16-12-22-24(19(16)23)20(25)15-7-4-8-17(21)11-15/h3-8,11-12H,9-10H2,1-2H3. The van der Waals surface area contributed by atoms with E-state index in [1.165, 1.54) is 15.8 Å². The second kappa shape index (κ2) is 6.05.